The van der Waals surface area contributed by atoms with Gasteiger partial charge in [0.15, 0.2) is 0 Å². The van der Waals surface area contributed by atoms with Gasteiger partial charge in [-0.2, -0.15) is 0 Å². The minimum atomic E-state index is -0.928. The molecule has 0 heterocycles. The van der Waals surface area contributed by atoms with Crippen molar-refractivity contribution in [2.75, 3.05) is 20.2 Å². The van der Waals surface area contributed by atoms with Gasteiger partial charge in [0.05, 0.1) is 7.11 Å². The molecule has 1 saturated carbocycles. The number of hydrogen-bond acceptors (Lipinski definition) is 3. The van der Waals surface area contributed by atoms with E-state index >= 15 is 0 Å². The number of methoxy groups -OCH3 is 1. The summed E-state index contributed by atoms with van der Waals surface area (Å²) in [6, 6.07) is 13.9. The number of carbonyl (C=O) groups is 2. The Morgan fingerprint density at radius 2 is 1.36 bits per heavy atom. The predicted octanol–water partition coefficient (Wildman–Crippen LogP) is 2.63. The highest BCUT2D eigenvalue weighted by atomic mass is 19.1. The average Bonchev–Trinajstić information content (AvgIpc) is 3.52. The van der Waals surface area contributed by atoms with Crippen molar-refractivity contribution in [3.63, 3.8) is 0 Å². The third-order valence-corrected chi connectivity index (χ3v) is 5.09. The summed E-state index contributed by atoms with van der Waals surface area (Å²) in [5.74, 6) is 0.0786. The Balaban J connectivity index is 1.42. The molecule has 2 aromatic rings. The van der Waals surface area contributed by atoms with Crippen molar-refractivity contribution in [2.24, 2.45) is 5.41 Å². The van der Waals surface area contributed by atoms with E-state index < -0.39 is 5.41 Å². The SMILES string of the molecule is COc1ccc(CCNC(=O)C2(C(=O)NCCc3ccc(F)cc3)CC2)cc1. The lowest BCUT2D eigenvalue weighted by molar-refractivity contribution is -0.137. The fourth-order valence-electron chi connectivity index (χ4n) is 3.10. The summed E-state index contributed by atoms with van der Waals surface area (Å²) in [6.45, 7) is 0.904. The smallest absolute Gasteiger partial charge is 0.235 e. The van der Waals surface area contributed by atoms with Gasteiger partial charge in [0, 0.05) is 13.1 Å². The molecule has 0 atom stereocenters. The van der Waals surface area contributed by atoms with Crippen molar-refractivity contribution in [3.8, 4) is 5.75 Å². The molecule has 28 heavy (non-hydrogen) atoms. The van der Waals surface area contributed by atoms with Crippen LogP contribution in [0, 0.1) is 11.2 Å². The number of rotatable bonds is 9. The Bertz CT molecular complexity index is 815. The molecule has 0 spiro atoms. The highest BCUT2D eigenvalue weighted by molar-refractivity contribution is 6.07. The number of nitrogens with one attached hydrogen (secondary N) is 2. The van der Waals surface area contributed by atoms with Crippen molar-refractivity contribution in [1.29, 1.82) is 0 Å². The van der Waals surface area contributed by atoms with Crippen LogP contribution in [-0.2, 0) is 22.4 Å². The van der Waals surface area contributed by atoms with Crippen LogP contribution in [0.3, 0.4) is 0 Å². The first-order valence-electron chi connectivity index (χ1n) is 9.47. The van der Waals surface area contributed by atoms with E-state index in [0.717, 1.165) is 16.9 Å². The maximum absolute atomic E-state index is 12.9. The quantitative estimate of drug-likeness (QED) is 0.653. The number of ether oxygens (including phenoxy) is 1. The first-order valence-corrected chi connectivity index (χ1v) is 9.47. The molecule has 148 valence electrons. The highest BCUT2D eigenvalue weighted by Gasteiger charge is 2.56. The van der Waals surface area contributed by atoms with Crippen LogP contribution >= 0.6 is 0 Å². The normalized spacial score (nSPS) is 14.2. The number of amides is 2. The Morgan fingerprint density at radius 3 is 1.79 bits per heavy atom. The van der Waals surface area contributed by atoms with Crippen molar-refractivity contribution in [1.82, 2.24) is 10.6 Å². The second-order valence-corrected chi connectivity index (χ2v) is 7.07. The van der Waals surface area contributed by atoms with E-state index in [2.05, 4.69) is 10.6 Å². The average molecular weight is 384 g/mol. The van der Waals surface area contributed by atoms with Gasteiger partial charge in [0.1, 0.15) is 17.0 Å². The lowest BCUT2D eigenvalue weighted by Crippen LogP contribution is -2.44. The van der Waals surface area contributed by atoms with Gasteiger partial charge in [-0.1, -0.05) is 24.3 Å². The van der Waals surface area contributed by atoms with Gasteiger partial charge in [0.25, 0.3) is 0 Å². The van der Waals surface area contributed by atoms with E-state index in [-0.39, 0.29) is 17.6 Å². The molecule has 1 fully saturated rings. The topological polar surface area (TPSA) is 67.4 Å². The van der Waals surface area contributed by atoms with Crippen molar-refractivity contribution in [3.05, 3.63) is 65.5 Å². The molecule has 0 saturated heterocycles. The zero-order chi connectivity index (χ0) is 20.0. The number of carbonyl (C=O) groups excluding carboxylic acids is 2. The minimum absolute atomic E-state index is 0.208. The molecule has 0 unspecified atom stereocenters. The summed E-state index contributed by atoms with van der Waals surface area (Å²) < 4.78 is 18.0. The Morgan fingerprint density at radius 1 is 0.893 bits per heavy atom. The fraction of sp³-hybridized carbons (Fsp3) is 0.364. The lowest BCUT2D eigenvalue weighted by atomic mass is 10.0. The molecule has 2 amide bonds. The summed E-state index contributed by atoms with van der Waals surface area (Å²) in [4.78, 5) is 25.0. The molecule has 0 radical (unpaired) electrons. The van der Waals surface area contributed by atoms with E-state index in [1.165, 1.54) is 12.1 Å². The Kier molecular flexibility index (Phi) is 6.29. The maximum Gasteiger partial charge on any atom is 0.235 e. The van der Waals surface area contributed by atoms with Crippen LogP contribution in [0.15, 0.2) is 48.5 Å². The summed E-state index contributed by atoms with van der Waals surface area (Å²) in [6.07, 6.45) is 2.44. The van der Waals surface area contributed by atoms with Gasteiger partial charge in [0.2, 0.25) is 11.8 Å². The van der Waals surface area contributed by atoms with Crippen LogP contribution in [0.1, 0.15) is 24.0 Å². The van der Waals surface area contributed by atoms with Gasteiger partial charge < -0.3 is 15.4 Å². The Hall–Kier alpha value is -2.89. The van der Waals surface area contributed by atoms with Gasteiger partial charge in [-0.15, -0.1) is 0 Å². The van der Waals surface area contributed by atoms with E-state index in [4.69, 9.17) is 4.74 Å². The summed E-state index contributed by atoms with van der Waals surface area (Å²) in [5, 5.41) is 5.73. The van der Waals surface area contributed by atoms with Crippen LogP contribution < -0.4 is 15.4 Å². The van der Waals surface area contributed by atoms with Crippen LogP contribution in [-0.4, -0.2) is 32.0 Å². The molecular formula is C22H25FN2O3. The highest BCUT2D eigenvalue weighted by Crippen LogP contribution is 2.46. The molecule has 2 N–H and O–H groups in total. The third kappa shape index (κ3) is 4.88. The zero-order valence-corrected chi connectivity index (χ0v) is 16.0. The van der Waals surface area contributed by atoms with Crippen LogP contribution in [0.5, 0.6) is 5.75 Å². The summed E-state index contributed by atoms with van der Waals surface area (Å²) in [7, 11) is 1.62. The first-order chi connectivity index (χ1) is 13.5. The van der Waals surface area contributed by atoms with E-state index in [0.29, 0.717) is 38.8 Å². The maximum atomic E-state index is 12.9. The van der Waals surface area contributed by atoms with Gasteiger partial charge >= 0.3 is 0 Å². The largest absolute Gasteiger partial charge is 0.497 e. The van der Waals surface area contributed by atoms with Crippen LogP contribution in [0.2, 0.25) is 0 Å². The number of benzene rings is 2. The van der Waals surface area contributed by atoms with Crippen LogP contribution in [0.4, 0.5) is 4.39 Å². The monoisotopic (exact) mass is 384 g/mol. The second-order valence-electron chi connectivity index (χ2n) is 7.07. The van der Waals surface area contributed by atoms with Crippen molar-refractivity contribution < 1.29 is 18.7 Å². The first kappa shape index (κ1) is 19.9. The third-order valence-electron chi connectivity index (χ3n) is 5.09. The number of hydrogen-bond donors (Lipinski definition) is 2. The fourth-order valence-corrected chi connectivity index (χ4v) is 3.10. The van der Waals surface area contributed by atoms with Crippen molar-refractivity contribution in [2.45, 2.75) is 25.7 Å². The van der Waals surface area contributed by atoms with Gasteiger partial charge in [-0.25, -0.2) is 4.39 Å². The molecule has 0 aliphatic heterocycles. The molecule has 6 heteroatoms. The molecule has 1 aliphatic carbocycles. The van der Waals surface area contributed by atoms with E-state index in [1.807, 2.05) is 24.3 Å². The van der Waals surface area contributed by atoms with E-state index in [1.54, 1.807) is 19.2 Å². The molecule has 5 nitrogen and oxygen atoms in total. The van der Waals surface area contributed by atoms with Gasteiger partial charge in [-0.3, -0.25) is 9.59 Å². The molecule has 3 rings (SSSR count). The lowest BCUT2D eigenvalue weighted by Gasteiger charge is -2.15. The molecule has 1 aliphatic rings. The summed E-state index contributed by atoms with van der Waals surface area (Å²) in [5.41, 5.74) is 1.10. The summed E-state index contributed by atoms with van der Waals surface area (Å²) >= 11 is 0. The molecule has 2 aromatic carbocycles. The molecular weight excluding hydrogens is 359 g/mol. The van der Waals surface area contributed by atoms with Crippen molar-refractivity contribution >= 4 is 11.8 Å². The minimum Gasteiger partial charge on any atom is -0.497 e. The standard InChI is InChI=1S/C22H25FN2O3/c1-28-19-8-4-17(5-9-19)11-15-25-21(27)22(12-13-22)20(26)24-14-10-16-2-6-18(23)7-3-16/h2-9H,10-15H2,1H3,(H,24,26)(H,25,27). The van der Waals surface area contributed by atoms with Crippen LogP contribution in [0.25, 0.3) is 0 Å². The zero-order valence-electron chi connectivity index (χ0n) is 16.0. The molecule has 0 bridgehead atoms. The Labute approximate surface area is 164 Å². The predicted molar refractivity (Wildman–Crippen MR) is 104 cm³/mol. The van der Waals surface area contributed by atoms with Gasteiger partial charge in [-0.05, 0) is 61.1 Å². The number of halogens is 1. The second kappa shape index (κ2) is 8.87. The van der Waals surface area contributed by atoms with E-state index in [9.17, 15) is 14.0 Å². The molecule has 0 aromatic heterocycles.